The minimum Gasteiger partial charge on any atom is -0.463 e. The van der Waals surface area contributed by atoms with Crippen molar-refractivity contribution in [3.05, 3.63) is 57.9 Å². The van der Waals surface area contributed by atoms with Crippen LogP contribution in [0.15, 0.2) is 47.3 Å². The molecule has 4 nitrogen and oxygen atoms in total. The first-order valence-corrected chi connectivity index (χ1v) is 8.53. The number of hydrogen-bond acceptors (Lipinski definition) is 4. The van der Waals surface area contributed by atoms with Gasteiger partial charge < -0.3 is 10.1 Å². The predicted octanol–water partition coefficient (Wildman–Crippen LogP) is 3.73. The molecule has 1 N–H and O–H groups in total. The van der Waals surface area contributed by atoms with E-state index in [9.17, 15) is 9.59 Å². The van der Waals surface area contributed by atoms with E-state index in [4.69, 9.17) is 16.3 Å². The molecule has 24 heavy (non-hydrogen) atoms. The van der Waals surface area contributed by atoms with Crippen molar-refractivity contribution in [3.8, 4) is 0 Å². The Balaban J connectivity index is 2.14. The van der Waals surface area contributed by atoms with Crippen molar-refractivity contribution in [1.82, 2.24) is 5.32 Å². The fourth-order valence-corrected chi connectivity index (χ4v) is 3.65. The summed E-state index contributed by atoms with van der Waals surface area (Å²) in [4.78, 5) is 25.2. The molecular formula is C19H20ClNO3. The van der Waals surface area contributed by atoms with Crippen LogP contribution < -0.4 is 5.32 Å². The summed E-state index contributed by atoms with van der Waals surface area (Å²) in [5.74, 6) is -0.946. The Morgan fingerprint density at radius 1 is 1.29 bits per heavy atom. The van der Waals surface area contributed by atoms with E-state index in [1.807, 2.05) is 19.1 Å². The van der Waals surface area contributed by atoms with Crippen molar-refractivity contribution in [2.75, 3.05) is 6.61 Å². The van der Waals surface area contributed by atoms with Crippen LogP contribution in [0.1, 0.15) is 38.2 Å². The van der Waals surface area contributed by atoms with E-state index >= 15 is 0 Å². The number of nitrogens with one attached hydrogen (secondary N) is 1. The van der Waals surface area contributed by atoms with Gasteiger partial charge in [-0.1, -0.05) is 29.8 Å². The van der Waals surface area contributed by atoms with Gasteiger partial charge in [0.05, 0.1) is 18.1 Å². The smallest absolute Gasteiger partial charge is 0.336 e. The van der Waals surface area contributed by atoms with Crippen LogP contribution in [0.5, 0.6) is 0 Å². The number of benzene rings is 1. The highest BCUT2D eigenvalue weighted by atomic mass is 35.5. The molecule has 2 unspecified atom stereocenters. The minimum atomic E-state index is -0.375. The van der Waals surface area contributed by atoms with E-state index in [1.165, 1.54) is 0 Å². The van der Waals surface area contributed by atoms with E-state index in [-0.39, 0.29) is 23.6 Å². The third-order valence-electron chi connectivity index (χ3n) is 4.54. The van der Waals surface area contributed by atoms with Crippen LogP contribution in [-0.2, 0) is 14.3 Å². The molecule has 1 aromatic carbocycles. The van der Waals surface area contributed by atoms with Gasteiger partial charge in [-0.3, -0.25) is 4.79 Å². The maximum atomic E-state index is 12.6. The summed E-state index contributed by atoms with van der Waals surface area (Å²) >= 11 is 6.00. The number of Topliss-reactive ketones (excluding diaryl/α,β-unsaturated/α-hetero) is 1. The summed E-state index contributed by atoms with van der Waals surface area (Å²) in [5, 5.41) is 3.86. The van der Waals surface area contributed by atoms with Gasteiger partial charge in [0, 0.05) is 28.8 Å². The Hall–Kier alpha value is -2.07. The standard InChI is InChI=1S/C19H20ClNO3/c1-3-24-19(23)16-11(2)21-14-5-4-6-15(22)18(14)17(16)12-7-9-13(20)10-8-12/h5,7-10,17-18,21H,3-4,6H2,1-2H3. The lowest BCUT2D eigenvalue weighted by molar-refractivity contribution is -0.139. The van der Waals surface area contributed by atoms with E-state index in [2.05, 4.69) is 11.4 Å². The van der Waals surface area contributed by atoms with Gasteiger partial charge in [0.2, 0.25) is 0 Å². The van der Waals surface area contributed by atoms with Crippen LogP contribution in [0.4, 0.5) is 0 Å². The monoisotopic (exact) mass is 345 g/mol. The number of halogens is 1. The third kappa shape index (κ3) is 2.98. The molecule has 0 radical (unpaired) electrons. The molecule has 0 fully saturated rings. The Morgan fingerprint density at radius 2 is 2.00 bits per heavy atom. The molecule has 5 heteroatoms. The number of hydrogen-bond donors (Lipinski definition) is 1. The number of rotatable bonds is 3. The molecule has 1 aromatic rings. The van der Waals surface area contributed by atoms with E-state index < -0.39 is 0 Å². The summed E-state index contributed by atoms with van der Waals surface area (Å²) in [6, 6.07) is 7.33. The summed E-state index contributed by atoms with van der Waals surface area (Å²) in [5.41, 5.74) is 3.05. The molecule has 2 aliphatic rings. The number of fused-ring (bicyclic) bond motifs is 1. The van der Waals surface area contributed by atoms with E-state index in [1.54, 1.807) is 19.1 Å². The highest BCUT2D eigenvalue weighted by Gasteiger charge is 2.43. The fraction of sp³-hybridized carbons (Fsp3) is 0.368. The van der Waals surface area contributed by atoms with Gasteiger partial charge in [0.15, 0.2) is 0 Å². The molecule has 0 spiro atoms. The molecule has 0 bridgehead atoms. The molecule has 1 aliphatic heterocycles. The quantitative estimate of drug-likeness (QED) is 0.848. The van der Waals surface area contributed by atoms with Crippen LogP contribution in [-0.4, -0.2) is 18.4 Å². The molecule has 1 aliphatic carbocycles. The highest BCUT2D eigenvalue weighted by molar-refractivity contribution is 6.30. The molecule has 1 heterocycles. The minimum absolute atomic E-state index is 0.147. The summed E-state index contributed by atoms with van der Waals surface area (Å²) < 4.78 is 5.25. The van der Waals surface area contributed by atoms with Crippen molar-refractivity contribution in [2.24, 2.45) is 5.92 Å². The van der Waals surface area contributed by atoms with Crippen LogP contribution in [0, 0.1) is 5.92 Å². The molecule has 0 amide bonds. The Labute approximate surface area is 146 Å². The second-order valence-electron chi connectivity index (χ2n) is 6.06. The van der Waals surface area contributed by atoms with Crippen LogP contribution in [0.3, 0.4) is 0 Å². The van der Waals surface area contributed by atoms with Gasteiger partial charge in [-0.15, -0.1) is 0 Å². The fourth-order valence-electron chi connectivity index (χ4n) is 3.52. The zero-order valence-corrected chi connectivity index (χ0v) is 14.5. The highest BCUT2D eigenvalue weighted by Crippen LogP contribution is 2.43. The number of allylic oxidation sites excluding steroid dienone is 3. The zero-order valence-electron chi connectivity index (χ0n) is 13.8. The summed E-state index contributed by atoms with van der Waals surface area (Å²) in [7, 11) is 0. The van der Waals surface area contributed by atoms with Gasteiger partial charge in [-0.25, -0.2) is 4.79 Å². The average molecular weight is 346 g/mol. The molecule has 126 valence electrons. The van der Waals surface area contributed by atoms with Gasteiger partial charge in [-0.2, -0.15) is 0 Å². The topological polar surface area (TPSA) is 55.4 Å². The number of ether oxygens (including phenoxy) is 1. The normalized spacial score (nSPS) is 23.3. The van der Waals surface area contributed by atoms with Crippen LogP contribution in [0.2, 0.25) is 5.02 Å². The van der Waals surface area contributed by atoms with Gasteiger partial charge in [0.25, 0.3) is 0 Å². The Morgan fingerprint density at radius 3 is 2.67 bits per heavy atom. The molecule has 3 rings (SSSR count). The first-order chi connectivity index (χ1) is 11.5. The first kappa shape index (κ1) is 16.8. The molecule has 2 atom stereocenters. The second kappa shape index (κ2) is 6.81. The Bertz CT molecular complexity index is 733. The lowest BCUT2D eigenvalue weighted by atomic mass is 9.71. The first-order valence-electron chi connectivity index (χ1n) is 8.16. The van der Waals surface area contributed by atoms with Crippen molar-refractivity contribution >= 4 is 23.4 Å². The molecule has 0 saturated heterocycles. The number of esters is 1. The maximum Gasteiger partial charge on any atom is 0.336 e. The largest absolute Gasteiger partial charge is 0.463 e. The van der Waals surface area contributed by atoms with Gasteiger partial charge in [0.1, 0.15) is 5.78 Å². The van der Waals surface area contributed by atoms with Crippen molar-refractivity contribution in [3.63, 3.8) is 0 Å². The van der Waals surface area contributed by atoms with Crippen LogP contribution >= 0.6 is 11.6 Å². The van der Waals surface area contributed by atoms with Gasteiger partial charge >= 0.3 is 5.97 Å². The lowest BCUT2D eigenvalue weighted by Crippen LogP contribution is -2.40. The molecular weight excluding hydrogens is 326 g/mol. The zero-order chi connectivity index (χ0) is 17.3. The van der Waals surface area contributed by atoms with E-state index in [0.717, 1.165) is 23.4 Å². The van der Waals surface area contributed by atoms with Crippen LogP contribution in [0.25, 0.3) is 0 Å². The SMILES string of the molecule is CCOC(=O)C1=C(C)NC2=CCCC(=O)C2C1c1ccc(Cl)cc1. The van der Waals surface area contributed by atoms with E-state index in [0.29, 0.717) is 23.6 Å². The van der Waals surface area contributed by atoms with Crippen molar-refractivity contribution in [1.29, 1.82) is 0 Å². The number of carbonyl (C=O) groups excluding carboxylic acids is 2. The van der Waals surface area contributed by atoms with Gasteiger partial charge in [-0.05, 0) is 38.0 Å². The lowest BCUT2D eigenvalue weighted by Gasteiger charge is -2.37. The maximum absolute atomic E-state index is 12.6. The average Bonchev–Trinajstić information content (AvgIpc) is 2.55. The second-order valence-corrected chi connectivity index (χ2v) is 6.49. The third-order valence-corrected chi connectivity index (χ3v) is 4.79. The summed E-state index contributed by atoms with van der Waals surface area (Å²) in [6.45, 7) is 3.92. The number of ketones is 1. The predicted molar refractivity (Wildman–Crippen MR) is 92.5 cm³/mol. The van der Waals surface area contributed by atoms with Crippen molar-refractivity contribution < 1.29 is 14.3 Å². The van der Waals surface area contributed by atoms with Crippen molar-refractivity contribution in [2.45, 2.75) is 32.6 Å². The Kier molecular flexibility index (Phi) is 4.76. The molecule has 0 aromatic heterocycles. The number of carbonyl (C=O) groups is 2. The summed E-state index contributed by atoms with van der Waals surface area (Å²) in [6.07, 6.45) is 3.28. The molecule has 0 saturated carbocycles.